The Morgan fingerprint density at radius 2 is 2.15 bits per heavy atom. The van der Waals surface area contributed by atoms with Crippen molar-refractivity contribution in [1.29, 1.82) is 0 Å². The van der Waals surface area contributed by atoms with Crippen LogP contribution in [-0.4, -0.2) is 87.1 Å². The van der Waals surface area contributed by atoms with E-state index in [9.17, 15) is 4.79 Å². The lowest BCUT2D eigenvalue weighted by atomic mass is 9.87. The van der Waals surface area contributed by atoms with Crippen LogP contribution in [0.2, 0.25) is 0 Å². The van der Waals surface area contributed by atoms with E-state index in [1.165, 1.54) is 6.33 Å². The molecule has 2 aromatic heterocycles. The lowest BCUT2D eigenvalue weighted by Gasteiger charge is -2.51. The van der Waals surface area contributed by atoms with Crippen molar-refractivity contribution in [2.45, 2.75) is 69.9 Å². The standard InChI is InChI=1S/C24H36N6O4/c1-23(2,3)34-22(31)30-11-12-32-15-24(30)8-4-9-28(14-24)13-17-5-6-19(33-17)29-10-7-18-20(25)26-16-27-21(18)29/h7,10,16-17,19H,4-6,8-9,11-15H2,1-3H3,(H2,25,26,27). The summed E-state index contributed by atoms with van der Waals surface area (Å²) >= 11 is 0. The summed E-state index contributed by atoms with van der Waals surface area (Å²) in [6, 6.07) is 1.95. The number of anilines is 1. The maximum atomic E-state index is 13.0. The largest absolute Gasteiger partial charge is 0.444 e. The molecule has 3 fully saturated rings. The summed E-state index contributed by atoms with van der Waals surface area (Å²) in [6.45, 7) is 9.99. The number of hydrogen-bond donors (Lipinski definition) is 1. The number of piperidine rings is 1. The van der Waals surface area contributed by atoms with Crippen LogP contribution in [0.1, 0.15) is 52.7 Å². The highest BCUT2D eigenvalue weighted by Gasteiger charge is 2.47. The lowest BCUT2D eigenvalue weighted by Crippen LogP contribution is -2.66. The number of aromatic nitrogens is 3. The van der Waals surface area contributed by atoms with E-state index in [-0.39, 0.29) is 24.0 Å². The summed E-state index contributed by atoms with van der Waals surface area (Å²) < 4.78 is 20.1. The smallest absolute Gasteiger partial charge is 0.410 e. The zero-order chi connectivity index (χ0) is 23.9. The second-order valence-corrected chi connectivity index (χ2v) is 10.8. The quantitative estimate of drug-likeness (QED) is 0.727. The fourth-order valence-corrected chi connectivity index (χ4v) is 5.57. The highest BCUT2D eigenvalue weighted by Crippen LogP contribution is 2.35. The Kier molecular flexibility index (Phi) is 6.16. The molecule has 3 aliphatic heterocycles. The van der Waals surface area contributed by atoms with Crippen molar-refractivity contribution < 1.29 is 19.0 Å². The van der Waals surface area contributed by atoms with Crippen molar-refractivity contribution in [3.63, 3.8) is 0 Å². The summed E-state index contributed by atoms with van der Waals surface area (Å²) in [7, 11) is 0. The number of nitrogen functional groups attached to an aromatic ring is 1. The van der Waals surface area contributed by atoms with Crippen LogP contribution in [0.4, 0.5) is 10.6 Å². The zero-order valence-corrected chi connectivity index (χ0v) is 20.4. The molecule has 0 bridgehead atoms. The third-order valence-corrected chi connectivity index (χ3v) is 7.05. The Morgan fingerprint density at radius 3 is 2.97 bits per heavy atom. The summed E-state index contributed by atoms with van der Waals surface area (Å²) in [6.07, 6.45) is 7.13. The molecule has 186 valence electrons. The molecule has 2 aromatic rings. The molecule has 3 saturated heterocycles. The number of likely N-dealkylation sites (tertiary alicyclic amines) is 1. The summed E-state index contributed by atoms with van der Waals surface area (Å²) in [4.78, 5) is 25.9. The van der Waals surface area contributed by atoms with Crippen LogP contribution in [0.25, 0.3) is 11.0 Å². The van der Waals surface area contributed by atoms with Gasteiger partial charge in [-0.2, -0.15) is 0 Å². The van der Waals surface area contributed by atoms with Crippen LogP contribution in [-0.2, 0) is 14.2 Å². The minimum Gasteiger partial charge on any atom is -0.444 e. The molecule has 3 unspecified atom stereocenters. The van der Waals surface area contributed by atoms with Crippen molar-refractivity contribution in [2.24, 2.45) is 0 Å². The monoisotopic (exact) mass is 472 g/mol. The first-order valence-corrected chi connectivity index (χ1v) is 12.3. The van der Waals surface area contributed by atoms with Gasteiger partial charge in [-0.15, -0.1) is 0 Å². The van der Waals surface area contributed by atoms with Gasteiger partial charge in [-0.25, -0.2) is 14.8 Å². The van der Waals surface area contributed by atoms with E-state index in [0.717, 1.165) is 56.4 Å². The van der Waals surface area contributed by atoms with E-state index in [1.807, 2.05) is 37.9 Å². The van der Waals surface area contributed by atoms with Gasteiger partial charge in [-0.1, -0.05) is 0 Å². The van der Waals surface area contributed by atoms with Crippen LogP contribution < -0.4 is 5.73 Å². The molecule has 3 atom stereocenters. The van der Waals surface area contributed by atoms with Gasteiger partial charge >= 0.3 is 6.09 Å². The predicted molar refractivity (Wildman–Crippen MR) is 127 cm³/mol. The molecule has 2 N–H and O–H groups in total. The summed E-state index contributed by atoms with van der Waals surface area (Å²) in [5.41, 5.74) is 5.94. The molecule has 3 aliphatic rings. The van der Waals surface area contributed by atoms with Gasteiger partial charge in [0.15, 0.2) is 0 Å². The summed E-state index contributed by atoms with van der Waals surface area (Å²) in [5.74, 6) is 0.487. The second-order valence-electron chi connectivity index (χ2n) is 10.8. The molecule has 10 nitrogen and oxygen atoms in total. The van der Waals surface area contributed by atoms with Crippen LogP contribution >= 0.6 is 0 Å². The second kappa shape index (κ2) is 8.98. The SMILES string of the molecule is CC(C)(C)OC(=O)N1CCOCC12CCCN(CC1CCC(n3ccc4c(N)ncnc43)O1)C2. The molecule has 5 heterocycles. The Bertz CT molecular complexity index is 1030. The minimum atomic E-state index is -0.518. The number of hydrogen-bond acceptors (Lipinski definition) is 8. The minimum absolute atomic E-state index is 0.0631. The molecule has 0 saturated carbocycles. The average molecular weight is 473 g/mol. The Morgan fingerprint density at radius 1 is 1.29 bits per heavy atom. The number of fused-ring (bicyclic) bond motifs is 1. The fourth-order valence-electron chi connectivity index (χ4n) is 5.57. The first-order chi connectivity index (χ1) is 16.2. The van der Waals surface area contributed by atoms with Crippen molar-refractivity contribution in [3.8, 4) is 0 Å². The summed E-state index contributed by atoms with van der Waals surface area (Å²) in [5, 5.41) is 0.854. The molecule has 0 radical (unpaired) electrons. The number of carbonyl (C=O) groups is 1. The Labute approximate surface area is 200 Å². The maximum Gasteiger partial charge on any atom is 0.410 e. The van der Waals surface area contributed by atoms with Crippen LogP contribution in [0.3, 0.4) is 0 Å². The van der Waals surface area contributed by atoms with E-state index in [1.54, 1.807) is 0 Å². The third-order valence-electron chi connectivity index (χ3n) is 7.05. The van der Waals surface area contributed by atoms with Gasteiger partial charge in [0.05, 0.1) is 30.2 Å². The first kappa shape index (κ1) is 23.3. The molecule has 10 heteroatoms. The number of carbonyl (C=O) groups excluding carboxylic acids is 1. The van der Waals surface area contributed by atoms with E-state index >= 15 is 0 Å². The van der Waals surface area contributed by atoms with E-state index in [2.05, 4.69) is 19.4 Å². The normalized spacial score (nSPS) is 28.6. The first-order valence-electron chi connectivity index (χ1n) is 12.3. The Hall–Kier alpha value is -2.43. The van der Waals surface area contributed by atoms with Crippen LogP contribution in [0.15, 0.2) is 18.6 Å². The van der Waals surface area contributed by atoms with Gasteiger partial charge < -0.3 is 24.5 Å². The van der Waals surface area contributed by atoms with Gasteiger partial charge in [-0.05, 0) is 59.1 Å². The average Bonchev–Trinajstić information content (AvgIpc) is 3.40. The molecule has 34 heavy (non-hydrogen) atoms. The number of nitrogens with two attached hydrogens (primary N) is 1. The van der Waals surface area contributed by atoms with Gasteiger partial charge in [0.2, 0.25) is 0 Å². The van der Waals surface area contributed by atoms with Gasteiger partial charge in [0.25, 0.3) is 0 Å². The molecule has 0 aromatic carbocycles. The van der Waals surface area contributed by atoms with E-state index < -0.39 is 5.60 Å². The molecule has 1 amide bonds. The van der Waals surface area contributed by atoms with Crippen LogP contribution in [0, 0.1) is 0 Å². The van der Waals surface area contributed by atoms with Gasteiger partial charge in [-0.3, -0.25) is 9.80 Å². The maximum absolute atomic E-state index is 13.0. The molecular formula is C24H36N6O4. The Balaban J connectivity index is 1.24. The number of nitrogens with zero attached hydrogens (tertiary/aromatic N) is 5. The van der Waals surface area contributed by atoms with Gasteiger partial charge in [0, 0.05) is 25.8 Å². The molecular weight excluding hydrogens is 436 g/mol. The number of morpholine rings is 1. The molecule has 1 spiro atoms. The highest BCUT2D eigenvalue weighted by molar-refractivity contribution is 5.86. The van der Waals surface area contributed by atoms with Crippen molar-refractivity contribution in [2.75, 3.05) is 45.1 Å². The number of ether oxygens (including phenoxy) is 3. The van der Waals surface area contributed by atoms with Gasteiger partial charge in [0.1, 0.15) is 29.6 Å². The highest BCUT2D eigenvalue weighted by atomic mass is 16.6. The van der Waals surface area contributed by atoms with Crippen molar-refractivity contribution >= 4 is 22.9 Å². The molecule has 0 aliphatic carbocycles. The molecule has 5 rings (SSSR count). The predicted octanol–water partition coefficient (Wildman–Crippen LogP) is 2.79. The topological polar surface area (TPSA) is 108 Å². The van der Waals surface area contributed by atoms with E-state index in [4.69, 9.17) is 19.9 Å². The lowest BCUT2D eigenvalue weighted by molar-refractivity contribution is -0.105. The van der Waals surface area contributed by atoms with Crippen LogP contribution in [0.5, 0.6) is 0 Å². The number of rotatable bonds is 3. The number of amides is 1. The van der Waals surface area contributed by atoms with E-state index in [0.29, 0.717) is 25.6 Å². The third kappa shape index (κ3) is 4.58. The fraction of sp³-hybridized carbons (Fsp3) is 0.708. The van der Waals surface area contributed by atoms with Crippen molar-refractivity contribution in [3.05, 3.63) is 18.6 Å². The van der Waals surface area contributed by atoms with Crippen molar-refractivity contribution in [1.82, 2.24) is 24.3 Å². The zero-order valence-electron chi connectivity index (χ0n) is 20.4.